The van der Waals surface area contributed by atoms with Crippen molar-refractivity contribution in [1.29, 1.82) is 0 Å². The molecule has 0 bridgehead atoms. The molecule has 1 aliphatic heterocycles. The molecule has 1 aliphatic carbocycles. The number of H-pyrrole nitrogens is 1. The van der Waals surface area contributed by atoms with Gasteiger partial charge in [0.2, 0.25) is 0 Å². The number of nitrogens with one attached hydrogen (secondary N) is 2. The fourth-order valence-corrected chi connectivity index (χ4v) is 4.08. The molecular weight excluding hydrogens is 328 g/mol. The standard InChI is InChI=1S/C21H26N2O3/c1-6-26-20(25)17-13(3)23-15-10-21(4,5)11-16(24)18(15)19(17)14-9-7-8-12(2)22-14/h7-9,17,19,23H,3,6,10-11H2,1-2,4-5H3/p+1. The number of ketones is 1. The Balaban J connectivity index is 2.17. The van der Waals surface area contributed by atoms with Crippen molar-refractivity contribution in [2.75, 3.05) is 6.61 Å². The first-order chi connectivity index (χ1) is 12.2. The zero-order chi connectivity index (χ0) is 19.1. The quantitative estimate of drug-likeness (QED) is 0.847. The number of ether oxygens (including phenoxy) is 1. The average molecular weight is 355 g/mol. The summed E-state index contributed by atoms with van der Waals surface area (Å²) < 4.78 is 5.30. The Kier molecular flexibility index (Phi) is 4.74. The summed E-state index contributed by atoms with van der Waals surface area (Å²) in [7, 11) is 0. The Morgan fingerprint density at radius 3 is 2.77 bits per heavy atom. The highest BCUT2D eigenvalue weighted by molar-refractivity contribution is 6.00. The van der Waals surface area contributed by atoms with Crippen LogP contribution in [0.2, 0.25) is 0 Å². The Morgan fingerprint density at radius 1 is 1.38 bits per heavy atom. The summed E-state index contributed by atoms with van der Waals surface area (Å²) in [5, 5.41) is 3.26. The van der Waals surface area contributed by atoms with E-state index in [9.17, 15) is 9.59 Å². The van der Waals surface area contributed by atoms with Crippen LogP contribution in [0.3, 0.4) is 0 Å². The Bertz CT molecular complexity index is 807. The van der Waals surface area contributed by atoms with Crippen LogP contribution >= 0.6 is 0 Å². The number of hydrogen-bond acceptors (Lipinski definition) is 4. The van der Waals surface area contributed by atoms with E-state index in [2.05, 4.69) is 30.7 Å². The fraction of sp³-hybridized carbons (Fsp3) is 0.476. The predicted octanol–water partition coefficient (Wildman–Crippen LogP) is 2.83. The summed E-state index contributed by atoms with van der Waals surface area (Å²) in [4.78, 5) is 29.1. The lowest BCUT2D eigenvalue weighted by Crippen LogP contribution is -2.45. The maximum Gasteiger partial charge on any atom is 0.316 e. The monoisotopic (exact) mass is 355 g/mol. The first-order valence-corrected chi connectivity index (χ1v) is 9.11. The van der Waals surface area contributed by atoms with E-state index in [4.69, 9.17) is 4.74 Å². The summed E-state index contributed by atoms with van der Waals surface area (Å²) in [5.74, 6) is -1.29. The minimum absolute atomic E-state index is 0.0884. The van der Waals surface area contributed by atoms with Gasteiger partial charge < -0.3 is 10.1 Å². The molecule has 2 heterocycles. The molecule has 26 heavy (non-hydrogen) atoms. The van der Waals surface area contributed by atoms with E-state index in [0.29, 0.717) is 24.3 Å². The van der Waals surface area contributed by atoms with Crippen molar-refractivity contribution >= 4 is 11.8 Å². The van der Waals surface area contributed by atoms with E-state index in [0.717, 1.165) is 23.5 Å². The summed E-state index contributed by atoms with van der Waals surface area (Å²) in [6.45, 7) is 12.3. The lowest BCUT2D eigenvalue weighted by Gasteiger charge is -2.40. The molecule has 0 aromatic carbocycles. The summed E-state index contributed by atoms with van der Waals surface area (Å²) >= 11 is 0. The number of esters is 1. The lowest BCUT2D eigenvalue weighted by molar-refractivity contribution is -0.402. The molecule has 1 aromatic heterocycles. The topological polar surface area (TPSA) is 69.5 Å². The first-order valence-electron chi connectivity index (χ1n) is 9.11. The molecular formula is C21H27N2O3+. The summed E-state index contributed by atoms with van der Waals surface area (Å²) in [6, 6.07) is 5.83. The molecule has 0 saturated carbocycles. The normalized spacial score (nSPS) is 24.8. The van der Waals surface area contributed by atoms with Crippen LogP contribution in [0.15, 0.2) is 41.7 Å². The van der Waals surface area contributed by atoms with Crippen molar-refractivity contribution in [2.45, 2.75) is 46.5 Å². The van der Waals surface area contributed by atoms with Gasteiger partial charge in [-0.05, 0) is 24.8 Å². The second kappa shape index (κ2) is 6.71. The first kappa shape index (κ1) is 18.4. The Hall–Kier alpha value is -2.43. The van der Waals surface area contributed by atoms with Crippen LogP contribution in [-0.2, 0) is 14.3 Å². The van der Waals surface area contributed by atoms with Crippen molar-refractivity contribution in [3.05, 3.63) is 53.1 Å². The Labute approximate surface area is 154 Å². The SMILES string of the molecule is C=C1NC2=C(C(=O)CC(C)(C)C2)C(c2cccc(C)[nH+]2)C1C(=O)OCC. The number of Topliss-reactive ketones (excluding diaryl/α,β-unsaturated/α-hetero) is 1. The third-order valence-corrected chi connectivity index (χ3v) is 5.09. The molecule has 0 spiro atoms. The van der Waals surface area contributed by atoms with Gasteiger partial charge in [0.1, 0.15) is 5.92 Å². The molecule has 2 unspecified atom stereocenters. The number of aromatic amines is 1. The van der Waals surface area contributed by atoms with Crippen molar-refractivity contribution in [3.63, 3.8) is 0 Å². The van der Waals surface area contributed by atoms with Gasteiger partial charge in [-0.1, -0.05) is 20.4 Å². The number of aryl methyl sites for hydroxylation is 1. The molecule has 0 amide bonds. The molecule has 5 heteroatoms. The third kappa shape index (κ3) is 3.30. The van der Waals surface area contributed by atoms with Gasteiger partial charge in [0.15, 0.2) is 17.2 Å². The van der Waals surface area contributed by atoms with Crippen LogP contribution in [0, 0.1) is 18.3 Å². The predicted molar refractivity (Wildman–Crippen MR) is 97.9 cm³/mol. The minimum atomic E-state index is -0.628. The second-order valence-corrected chi connectivity index (χ2v) is 7.98. The largest absolute Gasteiger partial charge is 0.465 e. The molecule has 2 N–H and O–H groups in total. The number of hydrogen-bond donors (Lipinski definition) is 1. The molecule has 0 fully saturated rings. The number of pyridine rings is 1. The molecule has 5 nitrogen and oxygen atoms in total. The van der Waals surface area contributed by atoms with Gasteiger partial charge in [0, 0.05) is 42.4 Å². The zero-order valence-electron chi connectivity index (χ0n) is 15.9. The summed E-state index contributed by atoms with van der Waals surface area (Å²) in [5.41, 5.74) is 3.87. The van der Waals surface area contributed by atoms with E-state index >= 15 is 0 Å². The molecule has 2 atom stereocenters. The van der Waals surface area contributed by atoms with Crippen LogP contribution in [0.1, 0.15) is 50.9 Å². The zero-order valence-corrected chi connectivity index (χ0v) is 15.9. The van der Waals surface area contributed by atoms with Crippen LogP contribution < -0.4 is 10.3 Å². The van der Waals surface area contributed by atoms with Gasteiger partial charge in [-0.15, -0.1) is 0 Å². The highest BCUT2D eigenvalue weighted by Gasteiger charge is 2.48. The van der Waals surface area contributed by atoms with E-state index in [-0.39, 0.29) is 17.2 Å². The van der Waals surface area contributed by atoms with Gasteiger partial charge in [0.05, 0.1) is 12.5 Å². The Morgan fingerprint density at radius 2 is 2.12 bits per heavy atom. The minimum Gasteiger partial charge on any atom is -0.465 e. The van der Waals surface area contributed by atoms with Gasteiger partial charge in [-0.3, -0.25) is 9.59 Å². The molecule has 0 radical (unpaired) electrons. The maximum absolute atomic E-state index is 13.1. The highest BCUT2D eigenvalue weighted by atomic mass is 16.5. The number of allylic oxidation sites excluding steroid dienone is 2. The number of aromatic nitrogens is 1. The average Bonchev–Trinajstić information content (AvgIpc) is 2.52. The molecule has 2 aliphatic rings. The smallest absolute Gasteiger partial charge is 0.316 e. The second-order valence-electron chi connectivity index (χ2n) is 7.98. The van der Waals surface area contributed by atoms with Gasteiger partial charge in [0.25, 0.3) is 0 Å². The van der Waals surface area contributed by atoms with Crippen molar-refractivity contribution in [3.8, 4) is 0 Å². The van der Waals surface area contributed by atoms with E-state index in [1.165, 1.54) is 0 Å². The van der Waals surface area contributed by atoms with E-state index in [1.807, 2.05) is 25.1 Å². The third-order valence-electron chi connectivity index (χ3n) is 5.09. The molecule has 3 rings (SSSR count). The van der Waals surface area contributed by atoms with Gasteiger partial charge >= 0.3 is 5.97 Å². The highest BCUT2D eigenvalue weighted by Crippen LogP contribution is 2.47. The maximum atomic E-state index is 13.1. The van der Waals surface area contributed by atoms with Crippen molar-refractivity contribution in [1.82, 2.24) is 5.32 Å². The number of carbonyl (C=O) groups excluding carboxylic acids is 2. The number of carbonyl (C=O) groups is 2. The molecule has 0 saturated heterocycles. The lowest BCUT2D eigenvalue weighted by atomic mass is 9.67. The van der Waals surface area contributed by atoms with Gasteiger partial charge in [-0.25, -0.2) is 4.98 Å². The summed E-state index contributed by atoms with van der Waals surface area (Å²) in [6.07, 6.45) is 1.23. The van der Waals surface area contributed by atoms with Crippen LogP contribution in [0.5, 0.6) is 0 Å². The fourth-order valence-electron chi connectivity index (χ4n) is 4.08. The van der Waals surface area contributed by atoms with E-state index in [1.54, 1.807) is 6.92 Å². The van der Waals surface area contributed by atoms with Crippen LogP contribution in [0.4, 0.5) is 0 Å². The van der Waals surface area contributed by atoms with E-state index < -0.39 is 11.8 Å². The molecule has 138 valence electrons. The van der Waals surface area contributed by atoms with Crippen molar-refractivity contribution in [2.24, 2.45) is 11.3 Å². The van der Waals surface area contributed by atoms with Crippen molar-refractivity contribution < 1.29 is 19.3 Å². The molecule has 1 aromatic rings. The van der Waals surface area contributed by atoms with Crippen LogP contribution in [-0.4, -0.2) is 18.4 Å². The number of rotatable bonds is 3. The van der Waals surface area contributed by atoms with Gasteiger partial charge in [-0.2, -0.15) is 0 Å². The van der Waals surface area contributed by atoms with Crippen LogP contribution in [0.25, 0.3) is 0 Å².